The summed E-state index contributed by atoms with van der Waals surface area (Å²) >= 11 is 0. The summed E-state index contributed by atoms with van der Waals surface area (Å²) in [6, 6.07) is 4.97. The van der Waals surface area contributed by atoms with Crippen LogP contribution in [-0.4, -0.2) is 5.11 Å². The van der Waals surface area contributed by atoms with E-state index >= 15 is 0 Å². The van der Waals surface area contributed by atoms with Gasteiger partial charge in [0, 0.05) is 0 Å². The Morgan fingerprint density at radius 3 is 1.74 bits per heavy atom. The highest BCUT2D eigenvalue weighted by Gasteiger charge is 2.27. The van der Waals surface area contributed by atoms with Gasteiger partial charge < -0.3 is 9.84 Å². The Morgan fingerprint density at radius 1 is 0.737 bits per heavy atom. The second kappa shape index (κ2) is 4.75. The zero-order valence-corrected chi connectivity index (χ0v) is 9.05. The summed E-state index contributed by atoms with van der Waals surface area (Å²) < 4.78 is 69.7. The van der Waals surface area contributed by atoms with Crippen molar-refractivity contribution in [3.05, 3.63) is 53.4 Å². The molecule has 0 aromatic heterocycles. The van der Waals surface area contributed by atoms with E-state index in [-0.39, 0.29) is 0 Å². The summed E-state index contributed by atoms with van der Waals surface area (Å²) in [5.41, 5.74) is 0. The summed E-state index contributed by atoms with van der Waals surface area (Å²) in [5.74, 6) is -13.2. The average molecular weight is 276 g/mol. The van der Waals surface area contributed by atoms with Crippen molar-refractivity contribution in [1.82, 2.24) is 0 Å². The Hall–Kier alpha value is -2.31. The van der Waals surface area contributed by atoms with E-state index in [1.165, 1.54) is 12.1 Å². The fraction of sp³-hybridized carbons (Fsp3) is 0. The second-order valence-corrected chi connectivity index (χ2v) is 3.47. The maximum atomic E-state index is 13.3. The number of phenolic OH excluding ortho intramolecular Hbond substituents is 1. The minimum absolute atomic E-state index is 0.439. The molecule has 0 saturated carbocycles. The van der Waals surface area contributed by atoms with Crippen molar-refractivity contribution in [2.75, 3.05) is 0 Å². The van der Waals surface area contributed by atoms with Crippen LogP contribution < -0.4 is 4.74 Å². The van der Waals surface area contributed by atoms with Gasteiger partial charge in [-0.25, -0.2) is 13.2 Å². The molecule has 0 bridgehead atoms. The summed E-state index contributed by atoms with van der Waals surface area (Å²) in [6.07, 6.45) is 0. The SMILES string of the molecule is Oc1ccccc1Oc1c(F)c(F)c(F)c(F)c1F. The Bertz CT molecular complexity index is 613. The van der Waals surface area contributed by atoms with Crippen LogP contribution in [0.25, 0.3) is 0 Å². The summed E-state index contributed by atoms with van der Waals surface area (Å²) in [7, 11) is 0. The topological polar surface area (TPSA) is 29.5 Å². The molecule has 2 rings (SSSR count). The smallest absolute Gasteiger partial charge is 0.207 e. The first kappa shape index (κ1) is 13.1. The molecular weight excluding hydrogens is 271 g/mol. The number of aromatic hydroxyl groups is 1. The average Bonchev–Trinajstić information content (AvgIpc) is 2.41. The van der Waals surface area contributed by atoms with Crippen LogP contribution in [0.1, 0.15) is 0 Å². The predicted octanol–water partition coefficient (Wildman–Crippen LogP) is 3.88. The van der Waals surface area contributed by atoms with Gasteiger partial charge in [0.2, 0.25) is 34.8 Å². The fourth-order valence-corrected chi connectivity index (χ4v) is 1.33. The van der Waals surface area contributed by atoms with Crippen molar-refractivity contribution in [3.8, 4) is 17.2 Å². The van der Waals surface area contributed by atoms with Crippen LogP contribution in [0.3, 0.4) is 0 Å². The monoisotopic (exact) mass is 276 g/mol. The molecule has 2 nitrogen and oxygen atoms in total. The molecule has 7 heteroatoms. The Labute approximate surface area is 103 Å². The van der Waals surface area contributed by atoms with Gasteiger partial charge in [0.1, 0.15) is 0 Å². The minimum atomic E-state index is -2.28. The summed E-state index contributed by atoms with van der Waals surface area (Å²) in [6.45, 7) is 0. The van der Waals surface area contributed by atoms with E-state index in [0.717, 1.165) is 12.1 Å². The second-order valence-electron chi connectivity index (χ2n) is 3.47. The molecule has 2 aromatic rings. The Kier molecular flexibility index (Phi) is 3.28. The lowest BCUT2D eigenvalue weighted by atomic mass is 10.2. The van der Waals surface area contributed by atoms with Gasteiger partial charge in [-0.1, -0.05) is 12.1 Å². The standard InChI is InChI=1S/C12H5F5O2/c13-7-8(14)10(16)12(11(17)9(7)15)19-6-4-2-1-3-5(6)18/h1-4,18H. The maximum Gasteiger partial charge on any atom is 0.207 e. The lowest BCUT2D eigenvalue weighted by Gasteiger charge is -2.10. The van der Waals surface area contributed by atoms with Gasteiger partial charge in [-0.05, 0) is 12.1 Å². The zero-order valence-electron chi connectivity index (χ0n) is 9.05. The van der Waals surface area contributed by atoms with Crippen LogP contribution in [0, 0.1) is 29.1 Å². The van der Waals surface area contributed by atoms with E-state index in [9.17, 15) is 27.1 Å². The molecule has 1 N–H and O–H groups in total. The van der Waals surface area contributed by atoms with Crippen LogP contribution in [0.4, 0.5) is 22.0 Å². The number of hydrogen-bond donors (Lipinski definition) is 1. The van der Waals surface area contributed by atoms with Gasteiger partial charge in [-0.2, -0.15) is 8.78 Å². The lowest BCUT2D eigenvalue weighted by Crippen LogP contribution is -2.04. The van der Waals surface area contributed by atoms with E-state index in [4.69, 9.17) is 0 Å². The van der Waals surface area contributed by atoms with Crippen molar-refractivity contribution in [2.24, 2.45) is 0 Å². The maximum absolute atomic E-state index is 13.3. The highest BCUT2D eigenvalue weighted by molar-refractivity contribution is 5.42. The molecule has 0 amide bonds. The van der Waals surface area contributed by atoms with E-state index in [2.05, 4.69) is 4.74 Å². The first-order valence-electron chi connectivity index (χ1n) is 4.90. The number of ether oxygens (including phenoxy) is 1. The van der Waals surface area contributed by atoms with Gasteiger partial charge in [0.15, 0.2) is 11.5 Å². The number of rotatable bonds is 2. The van der Waals surface area contributed by atoms with Crippen LogP contribution in [0.2, 0.25) is 0 Å². The van der Waals surface area contributed by atoms with Gasteiger partial charge in [-0.3, -0.25) is 0 Å². The third-order valence-corrected chi connectivity index (χ3v) is 2.25. The number of hydrogen-bond acceptors (Lipinski definition) is 2. The van der Waals surface area contributed by atoms with Gasteiger partial charge in [0.25, 0.3) is 0 Å². The van der Waals surface area contributed by atoms with Crippen molar-refractivity contribution in [3.63, 3.8) is 0 Å². The van der Waals surface area contributed by atoms with Crippen molar-refractivity contribution >= 4 is 0 Å². The molecule has 0 spiro atoms. The molecule has 2 aromatic carbocycles. The molecule has 0 aliphatic rings. The van der Waals surface area contributed by atoms with E-state index < -0.39 is 46.3 Å². The third-order valence-electron chi connectivity index (χ3n) is 2.25. The van der Waals surface area contributed by atoms with Crippen LogP contribution >= 0.6 is 0 Å². The van der Waals surface area contributed by atoms with Crippen LogP contribution in [0.15, 0.2) is 24.3 Å². The third kappa shape index (κ3) is 2.18. The number of phenols is 1. The Balaban J connectivity index is 2.56. The normalized spacial score (nSPS) is 10.6. The molecule has 0 fully saturated rings. The van der Waals surface area contributed by atoms with Crippen molar-refractivity contribution in [1.29, 1.82) is 0 Å². The highest BCUT2D eigenvalue weighted by Crippen LogP contribution is 2.35. The Morgan fingerprint density at radius 2 is 1.21 bits per heavy atom. The van der Waals surface area contributed by atoms with Gasteiger partial charge >= 0.3 is 0 Å². The molecule has 0 heterocycles. The van der Waals surface area contributed by atoms with Gasteiger partial charge in [-0.15, -0.1) is 0 Å². The fourth-order valence-electron chi connectivity index (χ4n) is 1.33. The summed E-state index contributed by atoms with van der Waals surface area (Å²) in [5, 5.41) is 9.32. The molecule has 0 aliphatic carbocycles. The van der Waals surface area contributed by atoms with Crippen LogP contribution in [0.5, 0.6) is 17.2 Å². The molecule has 0 aliphatic heterocycles. The predicted molar refractivity (Wildman–Crippen MR) is 54.4 cm³/mol. The largest absolute Gasteiger partial charge is 0.504 e. The van der Waals surface area contributed by atoms with Crippen molar-refractivity contribution < 1.29 is 31.8 Å². The van der Waals surface area contributed by atoms with E-state index in [1.54, 1.807) is 0 Å². The number of para-hydroxylation sites is 2. The molecular formula is C12H5F5O2. The molecule has 0 unspecified atom stereocenters. The van der Waals surface area contributed by atoms with Crippen LogP contribution in [-0.2, 0) is 0 Å². The molecule has 0 saturated heterocycles. The first-order chi connectivity index (χ1) is 8.93. The van der Waals surface area contributed by atoms with Crippen molar-refractivity contribution in [2.45, 2.75) is 0 Å². The first-order valence-corrected chi connectivity index (χ1v) is 4.90. The molecule has 100 valence electrons. The quantitative estimate of drug-likeness (QED) is 0.512. The highest BCUT2D eigenvalue weighted by atomic mass is 19.2. The number of benzene rings is 2. The summed E-state index contributed by atoms with van der Waals surface area (Å²) in [4.78, 5) is 0. The van der Waals surface area contributed by atoms with E-state index in [0.29, 0.717) is 0 Å². The molecule has 0 atom stereocenters. The zero-order chi connectivity index (χ0) is 14.2. The van der Waals surface area contributed by atoms with Gasteiger partial charge in [0.05, 0.1) is 0 Å². The van der Waals surface area contributed by atoms with E-state index in [1.807, 2.05) is 0 Å². The lowest BCUT2D eigenvalue weighted by molar-refractivity contribution is 0.324. The molecule has 0 radical (unpaired) electrons. The number of halogens is 5. The minimum Gasteiger partial charge on any atom is -0.504 e. The molecule has 19 heavy (non-hydrogen) atoms.